The van der Waals surface area contributed by atoms with E-state index in [0.29, 0.717) is 0 Å². The average Bonchev–Trinajstić information content (AvgIpc) is 1.83. The van der Waals surface area contributed by atoms with Crippen LogP contribution >= 0.6 is 0 Å². The first-order valence-electron chi connectivity index (χ1n) is 2.58. The lowest BCUT2D eigenvalue weighted by atomic mass is 10.4. The van der Waals surface area contributed by atoms with Crippen LogP contribution in [0.4, 0.5) is 0 Å². The lowest BCUT2D eigenvalue weighted by Gasteiger charge is -2.09. The van der Waals surface area contributed by atoms with E-state index in [1.807, 2.05) is 0 Å². The molecule has 0 rings (SSSR count). The molecule has 0 saturated heterocycles. The molecular formula is C5H11O4. The second-order valence-corrected chi connectivity index (χ2v) is 1.62. The molecule has 0 bridgehead atoms. The van der Waals surface area contributed by atoms with Crippen LogP contribution < -0.4 is 0 Å². The highest BCUT2D eigenvalue weighted by molar-refractivity contribution is 4.50. The van der Waals surface area contributed by atoms with Crippen molar-refractivity contribution >= 4 is 0 Å². The van der Waals surface area contributed by atoms with E-state index in [0.717, 1.165) is 0 Å². The Kier molecular flexibility index (Phi) is 4.61. The predicted octanol–water partition coefficient (Wildman–Crippen LogP) is -1.49. The van der Waals surface area contributed by atoms with Crippen molar-refractivity contribution in [2.75, 3.05) is 13.2 Å². The monoisotopic (exact) mass is 135 g/mol. The Morgan fingerprint density at radius 2 is 2.00 bits per heavy atom. The molecule has 0 aliphatic rings. The van der Waals surface area contributed by atoms with Crippen LogP contribution in [0.25, 0.3) is 0 Å². The minimum Gasteiger partial charge on any atom is -0.394 e. The second-order valence-electron chi connectivity index (χ2n) is 1.62. The molecule has 0 fully saturated rings. The Bertz CT molecular complexity index is 64.0. The minimum absolute atomic E-state index is 0.0961. The molecule has 0 aromatic rings. The normalized spacial score (nSPS) is 17.3. The average molecular weight is 135 g/mol. The van der Waals surface area contributed by atoms with Crippen molar-refractivity contribution in [1.29, 1.82) is 0 Å². The molecule has 55 valence electrons. The molecule has 4 heteroatoms. The fourth-order valence-corrected chi connectivity index (χ4v) is 0.275. The summed E-state index contributed by atoms with van der Waals surface area (Å²) >= 11 is 0. The van der Waals surface area contributed by atoms with Crippen molar-refractivity contribution in [2.45, 2.75) is 12.4 Å². The number of hydrogen-bond donors (Lipinski definition) is 3. The van der Waals surface area contributed by atoms with E-state index in [9.17, 15) is 0 Å². The maximum Gasteiger partial charge on any atom is 0.154 e. The summed E-state index contributed by atoms with van der Waals surface area (Å²) in [6, 6.07) is 0. The van der Waals surface area contributed by atoms with Crippen LogP contribution in [0.15, 0.2) is 0 Å². The number of hydrogen-bond acceptors (Lipinski definition) is 4. The van der Waals surface area contributed by atoms with Gasteiger partial charge in [-0.1, -0.05) is 0 Å². The SMILES string of the molecule is [CH2]C(O)OCC(O)CO. The molecule has 0 aromatic carbocycles. The third-order valence-electron chi connectivity index (χ3n) is 0.692. The zero-order valence-electron chi connectivity index (χ0n) is 5.03. The summed E-state index contributed by atoms with van der Waals surface area (Å²) < 4.78 is 4.43. The van der Waals surface area contributed by atoms with Crippen molar-refractivity contribution in [1.82, 2.24) is 0 Å². The topological polar surface area (TPSA) is 69.9 Å². The Morgan fingerprint density at radius 3 is 2.33 bits per heavy atom. The van der Waals surface area contributed by atoms with Crippen LogP contribution in [-0.4, -0.2) is 40.9 Å². The summed E-state index contributed by atoms with van der Waals surface area (Å²) in [4.78, 5) is 0. The molecule has 0 aliphatic heterocycles. The Balaban J connectivity index is 3.06. The van der Waals surface area contributed by atoms with E-state index < -0.39 is 12.4 Å². The zero-order valence-corrected chi connectivity index (χ0v) is 5.03. The Hall–Kier alpha value is -0.160. The molecule has 4 nitrogen and oxygen atoms in total. The number of rotatable bonds is 4. The standard InChI is InChI=1S/C5H11O4/c1-4(7)9-3-5(8)2-6/h4-8H,1-3H2. The number of ether oxygens (including phenoxy) is 1. The zero-order chi connectivity index (χ0) is 7.28. The first-order chi connectivity index (χ1) is 4.16. The molecule has 9 heavy (non-hydrogen) atoms. The van der Waals surface area contributed by atoms with Crippen LogP contribution in [0, 0.1) is 6.92 Å². The molecule has 2 atom stereocenters. The van der Waals surface area contributed by atoms with Gasteiger partial charge in [-0.25, -0.2) is 0 Å². The highest BCUT2D eigenvalue weighted by Crippen LogP contribution is 1.86. The van der Waals surface area contributed by atoms with Gasteiger partial charge in [-0.05, 0) is 0 Å². The molecule has 0 spiro atoms. The summed E-state index contributed by atoms with van der Waals surface area (Å²) in [5.41, 5.74) is 0. The van der Waals surface area contributed by atoms with Gasteiger partial charge in [-0.2, -0.15) is 0 Å². The molecule has 0 aromatic heterocycles. The number of aliphatic hydroxyl groups excluding tert-OH is 3. The summed E-state index contributed by atoms with van der Waals surface area (Å²) in [7, 11) is 0. The molecule has 3 N–H and O–H groups in total. The van der Waals surface area contributed by atoms with Crippen LogP contribution in [0.2, 0.25) is 0 Å². The van der Waals surface area contributed by atoms with Gasteiger partial charge in [0.05, 0.1) is 13.2 Å². The van der Waals surface area contributed by atoms with E-state index in [4.69, 9.17) is 15.3 Å². The van der Waals surface area contributed by atoms with Gasteiger partial charge in [-0.3, -0.25) is 0 Å². The summed E-state index contributed by atoms with van der Waals surface area (Å²) in [5, 5.41) is 25.2. The van der Waals surface area contributed by atoms with Gasteiger partial charge in [0.1, 0.15) is 6.10 Å². The molecule has 2 unspecified atom stereocenters. The third-order valence-corrected chi connectivity index (χ3v) is 0.692. The van der Waals surface area contributed by atoms with Gasteiger partial charge >= 0.3 is 0 Å². The van der Waals surface area contributed by atoms with Crippen molar-refractivity contribution in [3.63, 3.8) is 0 Å². The van der Waals surface area contributed by atoms with E-state index in [1.165, 1.54) is 0 Å². The molecule has 1 radical (unpaired) electrons. The molecule has 0 saturated carbocycles. The minimum atomic E-state index is -1.13. The molecule has 0 amide bonds. The van der Waals surface area contributed by atoms with E-state index >= 15 is 0 Å². The van der Waals surface area contributed by atoms with Crippen molar-refractivity contribution in [3.05, 3.63) is 6.92 Å². The maximum atomic E-state index is 8.59. The highest BCUT2D eigenvalue weighted by atomic mass is 16.6. The summed E-state index contributed by atoms with van der Waals surface area (Å²) in [6.45, 7) is 2.62. The van der Waals surface area contributed by atoms with Crippen molar-refractivity contribution in [3.8, 4) is 0 Å². The smallest absolute Gasteiger partial charge is 0.154 e. The van der Waals surface area contributed by atoms with Crippen LogP contribution in [0.3, 0.4) is 0 Å². The highest BCUT2D eigenvalue weighted by Gasteiger charge is 2.02. The van der Waals surface area contributed by atoms with Crippen LogP contribution in [0.5, 0.6) is 0 Å². The molecular weight excluding hydrogens is 124 g/mol. The molecule has 0 heterocycles. The van der Waals surface area contributed by atoms with Gasteiger partial charge in [0, 0.05) is 6.92 Å². The van der Waals surface area contributed by atoms with Gasteiger partial charge in [0.2, 0.25) is 0 Å². The second kappa shape index (κ2) is 4.69. The van der Waals surface area contributed by atoms with Crippen molar-refractivity contribution < 1.29 is 20.1 Å². The Morgan fingerprint density at radius 1 is 1.44 bits per heavy atom. The van der Waals surface area contributed by atoms with Gasteiger partial charge in [0.25, 0.3) is 0 Å². The van der Waals surface area contributed by atoms with E-state index in [1.54, 1.807) is 0 Å². The summed E-state index contributed by atoms with van der Waals surface area (Å²) in [6.07, 6.45) is -2.06. The molecule has 0 aliphatic carbocycles. The first kappa shape index (κ1) is 8.84. The fraction of sp³-hybridized carbons (Fsp3) is 0.800. The van der Waals surface area contributed by atoms with Gasteiger partial charge in [-0.15, -0.1) is 0 Å². The quantitative estimate of drug-likeness (QED) is 0.411. The fourth-order valence-electron chi connectivity index (χ4n) is 0.275. The van der Waals surface area contributed by atoms with Gasteiger partial charge < -0.3 is 20.1 Å². The predicted molar refractivity (Wildman–Crippen MR) is 30.4 cm³/mol. The largest absolute Gasteiger partial charge is 0.394 e. The third kappa shape index (κ3) is 5.72. The summed E-state index contributed by atoms with van der Waals surface area (Å²) in [5.74, 6) is 0. The Labute approximate surface area is 53.7 Å². The van der Waals surface area contributed by atoms with Gasteiger partial charge in [0.15, 0.2) is 6.29 Å². The maximum absolute atomic E-state index is 8.59. The number of aliphatic hydroxyl groups is 3. The van der Waals surface area contributed by atoms with E-state index in [2.05, 4.69) is 11.7 Å². The lowest BCUT2D eigenvalue weighted by Crippen LogP contribution is -2.22. The van der Waals surface area contributed by atoms with E-state index in [-0.39, 0.29) is 13.2 Å². The van der Waals surface area contributed by atoms with Crippen LogP contribution in [0.1, 0.15) is 0 Å². The first-order valence-corrected chi connectivity index (χ1v) is 2.58. The van der Waals surface area contributed by atoms with Crippen molar-refractivity contribution in [2.24, 2.45) is 0 Å². The lowest BCUT2D eigenvalue weighted by molar-refractivity contribution is -0.100. The van der Waals surface area contributed by atoms with Crippen LogP contribution in [-0.2, 0) is 4.74 Å².